The number of hydrogen-bond acceptors (Lipinski definition) is 7. The topological polar surface area (TPSA) is 159 Å². The van der Waals surface area contributed by atoms with E-state index < -0.39 is 47.4 Å². The Morgan fingerprint density at radius 3 is 2.62 bits per heavy atom. The minimum Gasteiger partial charge on any atom is -0.463 e. The molecule has 0 spiro atoms. The molecule has 3 amide bonds. The summed E-state index contributed by atoms with van der Waals surface area (Å²) in [7, 11) is 0. The number of carbonyl (C=O) groups is 4. The van der Waals surface area contributed by atoms with Crippen molar-refractivity contribution in [2.24, 2.45) is 5.73 Å². The second-order valence-electron chi connectivity index (χ2n) is 9.06. The molecule has 3 atom stereocenters. The summed E-state index contributed by atoms with van der Waals surface area (Å²) in [5.41, 5.74) is 5.56. The highest BCUT2D eigenvalue weighted by Crippen LogP contribution is 2.17. The van der Waals surface area contributed by atoms with Gasteiger partial charge in [-0.2, -0.15) is 0 Å². The van der Waals surface area contributed by atoms with E-state index in [1.807, 2.05) is 30.3 Å². The Morgan fingerprint density at radius 1 is 1.18 bits per heavy atom. The number of amides is 3. The van der Waals surface area contributed by atoms with Crippen LogP contribution in [0.2, 0.25) is 0 Å². The van der Waals surface area contributed by atoms with Gasteiger partial charge < -0.3 is 30.4 Å². The van der Waals surface area contributed by atoms with E-state index in [0.717, 1.165) is 12.0 Å². The van der Waals surface area contributed by atoms with Gasteiger partial charge in [0.05, 0.1) is 6.61 Å². The van der Waals surface area contributed by atoms with Gasteiger partial charge in [-0.15, -0.1) is 0 Å². The number of nitrogens with zero attached hydrogens (tertiary/aromatic N) is 1. The summed E-state index contributed by atoms with van der Waals surface area (Å²) in [6.07, 6.45) is 5.06. The van der Waals surface area contributed by atoms with Crippen LogP contribution >= 0.6 is 0 Å². The van der Waals surface area contributed by atoms with Crippen LogP contribution in [0.1, 0.15) is 44.2 Å². The SMILES string of the molecule is CCOC(=O)/C=C/[C@H](CCC(N)=O)NC(=O)C(Cc1ccccc1)n1cccc(NC(=O)C2CCCO2)c1=O. The third kappa shape index (κ3) is 8.92. The van der Waals surface area contributed by atoms with E-state index >= 15 is 0 Å². The first-order chi connectivity index (χ1) is 18.8. The monoisotopic (exact) mass is 538 g/mol. The molecular formula is C28H34N4O7. The van der Waals surface area contributed by atoms with Gasteiger partial charge in [-0.1, -0.05) is 36.4 Å². The van der Waals surface area contributed by atoms with Gasteiger partial charge in [0.1, 0.15) is 17.8 Å². The number of nitrogens with two attached hydrogens (primary N) is 1. The number of nitrogens with one attached hydrogen (secondary N) is 2. The van der Waals surface area contributed by atoms with Crippen LogP contribution in [0.25, 0.3) is 0 Å². The zero-order valence-corrected chi connectivity index (χ0v) is 21.8. The van der Waals surface area contributed by atoms with Crippen molar-refractivity contribution in [3.05, 3.63) is 76.7 Å². The van der Waals surface area contributed by atoms with Crippen molar-refractivity contribution in [2.45, 2.75) is 57.2 Å². The number of aromatic nitrogens is 1. The number of esters is 1. The van der Waals surface area contributed by atoms with E-state index in [1.165, 1.54) is 29.0 Å². The van der Waals surface area contributed by atoms with Crippen LogP contribution < -0.4 is 21.9 Å². The minimum absolute atomic E-state index is 0.0244. The second kappa shape index (κ2) is 14.6. The first-order valence-corrected chi connectivity index (χ1v) is 12.9. The number of carbonyl (C=O) groups excluding carboxylic acids is 4. The van der Waals surface area contributed by atoms with Crippen molar-refractivity contribution in [2.75, 3.05) is 18.5 Å². The zero-order valence-electron chi connectivity index (χ0n) is 21.8. The Morgan fingerprint density at radius 2 is 1.95 bits per heavy atom. The molecule has 1 aliphatic heterocycles. The van der Waals surface area contributed by atoms with Gasteiger partial charge in [0, 0.05) is 37.8 Å². The van der Waals surface area contributed by atoms with E-state index in [1.54, 1.807) is 13.0 Å². The standard InChI is InChI=1S/C28H34N4O7/c1-2-38-25(34)15-13-20(12-14-24(29)33)30-26(35)22(18-19-8-4-3-5-9-19)32-16-6-10-21(28(32)37)31-27(36)23-11-7-17-39-23/h3-6,8-10,13,15-16,20,22-23H,2,7,11-12,14,17-18H2,1H3,(H2,29,33)(H,30,35)(H,31,36)/b15-13+/t20-,22?,23?/m0/s1. The van der Waals surface area contributed by atoms with E-state index in [9.17, 15) is 24.0 Å². The van der Waals surface area contributed by atoms with Gasteiger partial charge in [0.15, 0.2) is 0 Å². The molecule has 0 radical (unpaired) electrons. The van der Waals surface area contributed by atoms with Crippen molar-refractivity contribution in [1.29, 1.82) is 0 Å². The minimum atomic E-state index is -1.01. The van der Waals surface area contributed by atoms with E-state index in [2.05, 4.69) is 10.6 Å². The van der Waals surface area contributed by atoms with Crippen LogP contribution in [-0.4, -0.2) is 53.6 Å². The molecule has 4 N–H and O–H groups in total. The molecule has 2 heterocycles. The first kappa shape index (κ1) is 29.3. The van der Waals surface area contributed by atoms with Gasteiger partial charge in [0.2, 0.25) is 11.8 Å². The van der Waals surface area contributed by atoms with Crippen molar-refractivity contribution in [3.8, 4) is 0 Å². The second-order valence-corrected chi connectivity index (χ2v) is 9.06. The molecule has 208 valence electrons. The normalized spacial score (nSPS) is 16.4. The fourth-order valence-electron chi connectivity index (χ4n) is 4.18. The Balaban J connectivity index is 1.89. The van der Waals surface area contributed by atoms with Crippen LogP contribution in [0, 0.1) is 0 Å². The lowest BCUT2D eigenvalue weighted by Gasteiger charge is -2.23. The lowest BCUT2D eigenvalue weighted by Crippen LogP contribution is -2.43. The third-order valence-corrected chi connectivity index (χ3v) is 6.15. The van der Waals surface area contributed by atoms with Gasteiger partial charge in [-0.25, -0.2) is 4.79 Å². The maximum atomic E-state index is 13.6. The summed E-state index contributed by atoms with van der Waals surface area (Å²) < 4.78 is 11.6. The molecule has 11 nitrogen and oxygen atoms in total. The van der Waals surface area contributed by atoms with Gasteiger partial charge in [0.25, 0.3) is 11.5 Å². The molecule has 1 aromatic heterocycles. The predicted molar refractivity (Wildman–Crippen MR) is 144 cm³/mol. The smallest absolute Gasteiger partial charge is 0.330 e. The number of benzene rings is 1. The number of primary amides is 1. The highest BCUT2D eigenvalue weighted by Gasteiger charge is 2.27. The summed E-state index contributed by atoms with van der Waals surface area (Å²) >= 11 is 0. The maximum Gasteiger partial charge on any atom is 0.330 e. The van der Waals surface area contributed by atoms with Crippen LogP contribution in [0.4, 0.5) is 5.69 Å². The molecule has 0 saturated carbocycles. The van der Waals surface area contributed by atoms with Gasteiger partial charge in [-0.3, -0.25) is 19.2 Å². The number of ether oxygens (including phenoxy) is 2. The molecule has 2 aromatic rings. The number of anilines is 1. The highest BCUT2D eigenvalue weighted by molar-refractivity contribution is 5.94. The fraction of sp³-hybridized carbons (Fsp3) is 0.393. The van der Waals surface area contributed by atoms with E-state index in [-0.39, 0.29) is 31.6 Å². The van der Waals surface area contributed by atoms with Crippen LogP contribution in [0.3, 0.4) is 0 Å². The maximum absolute atomic E-state index is 13.6. The number of pyridine rings is 1. The molecular weight excluding hydrogens is 504 g/mol. The third-order valence-electron chi connectivity index (χ3n) is 6.15. The summed E-state index contributed by atoms with van der Waals surface area (Å²) in [6, 6.07) is 10.5. The van der Waals surface area contributed by atoms with Crippen LogP contribution in [-0.2, 0) is 35.1 Å². The highest BCUT2D eigenvalue weighted by atomic mass is 16.5. The van der Waals surface area contributed by atoms with Crippen molar-refractivity contribution in [3.63, 3.8) is 0 Å². The molecule has 1 aromatic carbocycles. The van der Waals surface area contributed by atoms with Crippen LogP contribution in [0.5, 0.6) is 0 Å². The van der Waals surface area contributed by atoms with E-state index in [4.69, 9.17) is 15.2 Å². The molecule has 1 saturated heterocycles. The van der Waals surface area contributed by atoms with Gasteiger partial charge in [-0.05, 0) is 43.9 Å². The number of rotatable bonds is 13. The van der Waals surface area contributed by atoms with Gasteiger partial charge >= 0.3 is 5.97 Å². The predicted octanol–water partition coefficient (Wildman–Crippen LogP) is 1.62. The average Bonchev–Trinajstić information content (AvgIpc) is 3.46. The largest absolute Gasteiger partial charge is 0.463 e. The molecule has 2 unspecified atom stereocenters. The molecule has 39 heavy (non-hydrogen) atoms. The summed E-state index contributed by atoms with van der Waals surface area (Å²) in [4.78, 5) is 62.9. The number of hydrogen-bond donors (Lipinski definition) is 3. The summed E-state index contributed by atoms with van der Waals surface area (Å²) in [5, 5.41) is 5.44. The van der Waals surface area contributed by atoms with Crippen molar-refractivity contribution < 1.29 is 28.7 Å². The molecule has 11 heteroatoms. The quantitative estimate of drug-likeness (QED) is 0.258. The molecule has 1 aliphatic rings. The molecule has 3 rings (SSSR count). The first-order valence-electron chi connectivity index (χ1n) is 12.9. The Kier molecular flexibility index (Phi) is 11.0. The summed E-state index contributed by atoms with van der Waals surface area (Å²) in [6.45, 7) is 2.34. The molecule has 1 fully saturated rings. The Labute approximate surface area is 226 Å². The lowest BCUT2D eigenvalue weighted by molar-refractivity contribution is -0.137. The lowest BCUT2D eigenvalue weighted by atomic mass is 10.0. The van der Waals surface area contributed by atoms with Crippen molar-refractivity contribution >= 4 is 29.4 Å². The Bertz CT molecular complexity index is 1240. The van der Waals surface area contributed by atoms with Crippen molar-refractivity contribution in [1.82, 2.24) is 9.88 Å². The summed E-state index contributed by atoms with van der Waals surface area (Å²) in [5.74, 6) is -2.10. The fourth-order valence-corrected chi connectivity index (χ4v) is 4.18. The molecule has 0 aliphatic carbocycles. The van der Waals surface area contributed by atoms with E-state index in [0.29, 0.717) is 13.0 Å². The zero-order chi connectivity index (χ0) is 28.2. The molecule has 0 bridgehead atoms. The average molecular weight is 539 g/mol. The Hall–Kier alpha value is -4.25. The van der Waals surface area contributed by atoms with Crippen LogP contribution in [0.15, 0.2) is 65.6 Å².